The molecule has 10 nitrogen and oxygen atoms in total. The summed E-state index contributed by atoms with van der Waals surface area (Å²) in [5, 5.41) is 18.0. The zero-order valence-corrected chi connectivity index (χ0v) is 24.9. The van der Waals surface area contributed by atoms with E-state index in [9.17, 15) is 24.2 Å². The Bertz CT molecular complexity index is 822. The van der Waals surface area contributed by atoms with Gasteiger partial charge in [-0.25, -0.2) is 4.57 Å². The summed E-state index contributed by atoms with van der Waals surface area (Å²) in [6.45, 7) is 1.55. The topological polar surface area (TPSA) is 149 Å². The van der Waals surface area contributed by atoms with Crippen LogP contribution in [0, 0.1) is 0 Å². The van der Waals surface area contributed by atoms with E-state index in [0.29, 0.717) is 6.42 Å². The Kier molecular flexibility index (Phi) is 24.5. The van der Waals surface area contributed by atoms with Crippen molar-refractivity contribution in [2.24, 2.45) is 0 Å². The highest BCUT2D eigenvalue weighted by atomic mass is 31.2. The lowest BCUT2D eigenvalue weighted by molar-refractivity contribution is -0.161. The van der Waals surface area contributed by atoms with Gasteiger partial charge in [0.25, 0.3) is 0 Å². The minimum absolute atomic E-state index is 0.114. The van der Waals surface area contributed by atoms with Crippen LogP contribution in [0.4, 0.5) is 0 Å². The van der Waals surface area contributed by atoms with Crippen molar-refractivity contribution >= 4 is 19.8 Å². The maximum absolute atomic E-state index is 12.2. The van der Waals surface area contributed by atoms with Crippen molar-refractivity contribution in [2.45, 2.75) is 96.7 Å². The van der Waals surface area contributed by atoms with Crippen molar-refractivity contribution in [3.63, 3.8) is 0 Å². The summed E-state index contributed by atoms with van der Waals surface area (Å²) in [4.78, 5) is 33.4. The Morgan fingerprint density at radius 1 is 0.775 bits per heavy atom. The highest BCUT2D eigenvalue weighted by Gasteiger charge is 2.27. The molecule has 3 atom stereocenters. The Morgan fingerprint density at radius 2 is 1.35 bits per heavy atom. The van der Waals surface area contributed by atoms with Crippen LogP contribution in [0.5, 0.6) is 0 Å². The molecule has 0 fully saturated rings. The summed E-state index contributed by atoms with van der Waals surface area (Å²) in [5.74, 6) is -1.06. The number of phosphoric acid groups is 1. The number of phosphoric ester groups is 1. The zero-order valence-electron chi connectivity index (χ0n) is 24.0. The van der Waals surface area contributed by atoms with Gasteiger partial charge in [0.15, 0.2) is 6.10 Å². The van der Waals surface area contributed by atoms with Crippen molar-refractivity contribution in [2.75, 3.05) is 26.4 Å². The van der Waals surface area contributed by atoms with E-state index in [1.807, 2.05) is 0 Å². The van der Waals surface area contributed by atoms with Gasteiger partial charge in [-0.05, 0) is 44.9 Å². The number of hydrogen-bond acceptors (Lipinski definition) is 9. The molecule has 0 aromatic carbocycles. The molecule has 0 aliphatic heterocycles. The minimum atomic E-state index is -4.58. The van der Waals surface area contributed by atoms with E-state index >= 15 is 0 Å². The first-order chi connectivity index (χ1) is 19.2. The van der Waals surface area contributed by atoms with E-state index in [-0.39, 0.29) is 19.4 Å². The molecule has 0 aromatic rings. The molecule has 0 spiro atoms. The second-order valence-electron chi connectivity index (χ2n) is 9.00. The molecule has 0 rings (SSSR count). The summed E-state index contributed by atoms with van der Waals surface area (Å²) < 4.78 is 31.5. The number of allylic oxidation sites excluding steroid dienone is 8. The summed E-state index contributed by atoms with van der Waals surface area (Å²) in [6.07, 6.45) is 23.5. The van der Waals surface area contributed by atoms with Crippen LogP contribution in [0.2, 0.25) is 0 Å². The normalized spacial score (nSPS) is 15.2. The van der Waals surface area contributed by atoms with Gasteiger partial charge >= 0.3 is 19.8 Å². The van der Waals surface area contributed by atoms with Gasteiger partial charge in [0, 0.05) is 12.8 Å². The Morgan fingerprint density at radius 3 is 1.95 bits per heavy atom. The molecule has 3 N–H and O–H groups in total. The van der Waals surface area contributed by atoms with E-state index in [1.54, 1.807) is 6.92 Å². The van der Waals surface area contributed by atoms with Crippen molar-refractivity contribution < 1.29 is 47.8 Å². The SMILES string of the molecule is CC/C=C\C/C=C\C/C=C\C/C=C\CCCCCCC(=O)OC(COC(=O)CC)COP(=O)(O)OCC(O)CO. The number of unbranched alkanes of at least 4 members (excludes halogenated alkanes) is 4. The van der Waals surface area contributed by atoms with Gasteiger partial charge in [-0.3, -0.25) is 18.6 Å². The number of carbonyl (C=O) groups excluding carboxylic acids is 2. The fourth-order valence-electron chi connectivity index (χ4n) is 3.08. The summed E-state index contributed by atoms with van der Waals surface area (Å²) in [7, 11) is -4.58. The van der Waals surface area contributed by atoms with Gasteiger partial charge in [-0.2, -0.15) is 0 Å². The monoisotopic (exact) mass is 588 g/mol. The molecule has 0 aliphatic carbocycles. The average Bonchev–Trinajstić information content (AvgIpc) is 2.94. The van der Waals surface area contributed by atoms with Crippen LogP contribution in [-0.4, -0.2) is 65.7 Å². The van der Waals surface area contributed by atoms with Crippen LogP contribution in [0.25, 0.3) is 0 Å². The molecule has 11 heteroatoms. The number of aliphatic hydroxyl groups excluding tert-OH is 2. The van der Waals surface area contributed by atoms with Gasteiger partial charge in [-0.1, -0.05) is 75.3 Å². The van der Waals surface area contributed by atoms with Gasteiger partial charge in [-0.15, -0.1) is 0 Å². The van der Waals surface area contributed by atoms with Crippen molar-refractivity contribution in [3.05, 3.63) is 48.6 Å². The molecule has 0 saturated carbocycles. The molecule has 0 radical (unpaired) electrons. The zero-order chi connectivity index (χ0) is 29.9. The van der Waals surface area contributed by atoms with Crippen LogP contribution in [0.1, 0.15) is 84.5 Å². The summed E-state index contributed by atoms with van der Waals surface area (Å²) in [6, 6.07) is 0. The predicted octanol–water partition coefficient (Wildman–Crippen LogP) is 5.48. The third-order valence-electron chi connectivity index (χ3n) is 5.30. The molecular formula is C29H49O10P. The van der Waals surface area contributed by atoms with Crippen LogP contribution < -0.4 is 0 Å². The number of esters is 2. The third kappa shape index (κ3) is 24.9. The summed E-state index contributed by atoms with van der Waals surface area (Å²) >= 11 is 0. The van der Waals surface area contributed by atoms with E-state index in [2.05, 4.69) is 60.1 Å². The van der Waals surface area contributed by atoms with E-state index < -0.39 is 51.8 Å². The van der Waals surface area contributed by atoms with Crippen LogP contribution >= 0.6 is 7.82 Å². The van der Waals surface area contributed by atoms with Crippen molar-refractivity contribution in [3.8, 4) is 0 Å². The molecule has 0 saturated heterocycles. The molecule has 0 aromatic heterocycles. The Labute approximate surface area is 239 Å². The average molecular weight is 589 g/mol. The lowest BCUT2D eigenvalue weighted by Crippen LogP contribution is -2.29. The van der Waals surface area contributed by atoms with Gasteiger partial charge in [0.1, 0.15) is 12.7 Å². The third-order valence-corrected chi connectivity index (χ3v) is 6.25. The lowest BCUT2D eigenvalue weighted by Gasteiger charge is -2.20. The summed E-state index contributed by atoms with van der Waals surface area (Å²) in [5.41, 5.74) is 0. The number of rotatable bonds is 25. The molecule has 0 heterocycles. The van der Waals surface area contributed by atoms with Gasteiger partial charge < -0.3 is 24.6 Å². The minimum Gasteiger partial charge on any atom is -0.462 e. The Hall–Kier alpha value is -2.07. The second-order valence-corrected chi connectivity index (χ2v) is 10.5. The molecule has 0 bridgehead atoms. The van der Waals surface area contributed by atoms with Crippen molar-refractivity contribution in [1.82, 2.24) is 0 Å². The maximum atomic E-state index is 12.2. The van der Waals surface area contributed by atoms with Gasteiger partial charge in [0.2, 0.25) is 0 Å². The highest BCUT2D eigenvalue weighted by Crippen LogP contribution is 2.43. The van der Waals surface area contributed by atoms with Crippen LogP contribution in [0.3, 0.4) is 0 Å². The van der Waals surface area contributed by atoms with Crippen LogP contribution in [-0.2, 0) is 32.7 Å². The molecule has 0 aliphatic rings. The fourth-order valence-corrected chi connectivity index (χ4v) is 3.87. The molecule has 0 amide bonds. The second kappa shape index (κ2) is 25.9. The first-order valence-electron chi connectivity index (χ1n) is 14.1. The highest BCUT2D eigenvalue weighted by molar-refractivity contribution is 7.47. The first kappa shape index (κ1) is 37.9. The fraction of sp³-hybridized carbons (Fsp3) is 0.655. The Balaban J connectivity index is 4.17. The number of aliphatic hydroxyl groups is 2. The van der Waals surface area contributed by atoms with Crippen molar-refractivity contribution in [1.29, 1.82) is 0 Å². The lowest BCUT2D eigenvalue weighted by atomic mass is 10.1. The standard InChI is InChI=1S/C29H49O10P/c1-3-5-6-7-8-9-10-11-12-13-14-15-16-17-18-19-20-21-29(33)39-27(24-36-28(32)4-2)25-38-40(34,35)37-23-26(31)22-30/h5-6,8-9,11-12,14-15,26-27,30-31H,3-4,7,10,13,16-25H2,1-2H3,(H,34,35)/b6-5-,9-8-,12-11-,15-14-. The molecule has 3 unspecified atom stereocenters. The number of ether oxygens (including phenoxy) is 2. The van der Waals surface area contributed by atoms with Gasteiger partial charge in [0.05, 0.1) is 19.8 Å². The van der Waals surface area contributed by atoms with E-state index in [1.165, 1.54) is 0 Å². The smallest absolute Gasteiger partial charge is 0.462 e. The quantitative estimate of drug-likeness (QED) is 0.0541. The number of carbonyl (C=O) groups is 2. The van der Waals surface area contributed by atoms with E-state index in [0.717, 1.165) is 51.4 Å². The molecule has 40 heavy (non-hydrogen) atoms. The predicted molar refractivity (Wildman–Crippen MR) is 154 cm³/mol. The molecular weight excluding hydrogens is 539 g/mol. The maximum Gasteiger partial charge on any atom is 0.472 e. The number of hydrogen-bond donors (Lipinski definition) is 3. The molecule has 230 valence electrons. The first-order valence-corrected chi connectivity index (χ1v) is 15.6. The van der Waals surface area contributed by atoms with Crippen LogP contribution in [0.15, 0.2) is 48.6 Å². The largest absolute Gasteiger partial charge is 0.472 e. The van der Waals surface area contributed by atoms with E-state index in [4.69, 9.17) is 19.1 Å².